The van der Waals surface area contributed by atoms with Crippen molar-refractivity contribution in [1.82, 2.24) is 29.9 Å². The summed E-state index contributed by atoms with van der Waals surface area (Å²) < 4.78 is 0. The maximum Gasteiger partial charge on any atom is 0.0731 e. The van der Waals surface area contributed by atoms with Crippen molar-refractivity contribution >= 4 is 64.9 Å². The molecule has 12 aromatic rings. The lowest BCUT2D eigenvalue weighted by molar-refractivity contribution is 1.24. The van der Waals surface area contributed by atoms with E-state index in [-0.39, 0.29) is 0 Å². The highest BCUT2D eigenvalue weighted by atomic mass is 14.7. The van der Waals surface area contributed by atoms with Crippen molar-refractivity contribution in [3.05, 3.63) is 253 Å². The van der Waals surface area contributed by atoms with Crippen LogP contribution in [0.5, 0.6) is 0 Å². The quantitative estimate of drug-likeness (QED) is 0.151. The molecule has 6 heterocycles. The van der Waals surface area contributed by atoms with E-state index < -0.39 is 0 Å². The van der Waals surface area contributed by atoms with Gasteiger partial charge < -0.3 is 0 Å². The van der Waals surface area contributed by atoms with Crippen LogP contribution in [0.25, 0.3) is 64.9 Å². The summed E-state index contributed by atoms with van der Waals surface area (Å²) in [7, 11) is 0. The molecule has 0 spiro atoms. The zero-order valence-corrected chi connectivity index (χ0v) is 50.5. The minimum absolute atomic E-state index is 1.08. The molecule has 0 fully saturated rings. The van der Waals surface area contributed by atoms with Crippen molar-refractivity contribution in [1.29, 1.82) is 0 Å². The predicted molar refractivity (Wildman–Crippen MR) is 347 cm³/mol. The van der Waals surface area contributed by atoms with Gasteiger partial charge in [-0.15, -0.1) is 0 Å². The molecule has 408 valence electrons. The predicted octanol–water partition coefficient (Wildman–Crippen LogP) is 21.4. The van der Waals surface area contributed by atoms with Crippen molar-refractivity contribution in [3.8, 4) is 0 Å². The Kier molecular flexibility index (Phi) is 35.6. The lowest BCUT2D eigenvalue weighted by Crippen LogP contribution is -1.80. The Morgan fingerprint density at radius 1 is 0.231 bits per heavy atom. The van der Waals surface area contributed by atoms with Gasteiger partial charge in [-0.3, -0.25) is 29.9 Å². The monoisotopic (exact) mass is 1040 g/mol. The zero-order valence-electron chi connectivity index (χ0n) is 50.5. The maximum atomic E-state index is 4.28. The summed E-state index contributed by atoms with van der Waals surface area (Å²) in [4.78, 5) is 25.0. The van der Waals surface area contributed by atoms with Gasteiger partial charge in [0.25, 0.3) is 0 Å². The van der Waals surface area contributed by atoms with E-state index in [4.69, 9.17) is 0 Å². The average Bonchev–Trinajstić information content (AvgIpc) is 3.52. The second-order valence-corrected chi connectivity index (χ2v) is 15.9. The molecule has 0 atom stereocenters. The minimum atomic E-state index is 1.08. The average molecular weight is 1040 g/mol. The number of para-hydroxylation sites is 1. The van der Waals surface area contributed by atoms with Crippen LogP contribution in [0, 0.1) is 41.5 Å². The Morgan fingerprint density at radius 2 is 0.654 bits per heavy atom. The third-order valence-corrected chi connectivity index (χ3v) is 11.2. The molecule has 6 aromatic carbocycles. The van der Waals surface area contributed by atoms with Gasteiger partial charge in [-0.2, -0.15) is 0 Å². The largest absolute Gasteiger partial charge is 0.264 e. The molecule has 0 unspecified atom stereocenters. The number of hydrogen-bond donors (Lipinski definition) is 0. The fourth-order valence-electron chi connectivity index (χ4n) is 7.60. The minimum Gasteiger partial charge on any atom is -0.264 e. The summed E-state index contributed by atoms with van der Waals surface area (Å²) in [5.74, 6) is 0. The molecule has 78 heavy (non-hydrogen) atoms. The summed E-state index contributed by atoms with van der Waals surface area (Å²) in [6.07, 6.45) is 16.7. The maximum absolute atomic E-state index is 4.28. The van der Waals surface area contributed by atoms with E-state index >= 15 is 0 Å². The van der Waals surface area contributed by atoms with Crippen LogP contribution in [0.1, 0.15) is 117 Å². The van der Waals surface area contributed by atoms with Crippen molar-refractivity contribution in [2.75, 3.05) is 0 Å². The van der Waals surface area contributed by atoms with Crippen LogP contribution in [-0.2, 0) is 0 Å². The standard InChI is InChI=1S/6C10H9N.6C2H6/c1-8-4-2-6-10-9(8)5-3-7-11-10;1-8-4-2-5-9-6-3-7-11-10(8)9;1-8-3-2-4-9-7-11-6-5-10(8)9;1-8-3-2-4-9-5-6-11-7-10(8)9;1-8-6-11-7-9-4-2-3-5-10(8)9;1-8-10-5-3-2-4-9(10)6-7-11-8;6*1-2/h6*2-7H,1H3;6*1-2H3. The second-order valence-electron chi connectivity index (χ2n) is 15.9. The van der Waals surface area contributed by atoms with Crippen molar-refractivity contribution in [2.24, 2.45) is 0 Å². The van der Waals surface area contributed by atoms with E-state index in [9.17, 15) is 0 Å². The Balaban J connectivity index is 0.000000450. The molecule has 0 amide bonds. The van der Waals surface area contributed by atoms with Crippen molar-refractivity contribution in [2.45, 2.75) is 125 Å². The van der Waals surface area contributed by atoms with E-state index in [1.807, 2.05) is 206 Å². The van der Waals surface area contributed by atoms with Gasteiger partial charge in [0.15, 0.2) is 0 Å². The topological polar surface area (TPSA) is 77.3 Å². The number of rotatable bonds is 0. The molecule has 0 N–H and O–H groups in total. The summed E-state index contributed by atoms with van der Waals surface area (Å²) in [6, 6.07) is 55.7. The van der Waals surface area contributed by atoms with E-state index in [1.165, 1.54) is 81.7 Å². The van der Waals surface area contributed by atoms with Crippen molar-refractivity contribution < 1.29 is 0 Å². The van der Waals surface area contributed by atoms with E-state index in [1.54, 1.807) is 0 Å². The molecule has 6 heteroatoms. The number of benzene rings is 6. The van der Waals surface area contributed by atoms with E-state index in [0.717, 1.165) is 16.7 Å². The summed E-state index contributed by atoms with van der Waals surface area (Å²) in [5.41, 5.74) is 9.65. The molecule has 0 aliphatic carbocycles. The first-order valence-corrected chi connectivity index (χ1v) is 28.1. The first kappa shape index (κ1) is 67.8. The van der Waals surface area contributed by atoms with Gasteiger partial charge in [0.1, 0.15) is 0 Å². The van der Waals surface area contributed by atoms with Crippen LogP contribution >= 0.6 is 0 Å². The first-order chi connectivity index (χ1) is 38.3. The highest BCUT2D eigenvalue weighted by Crippen LogP contribution is 2.19. The summed E-state index contributed by atoms with van der Waals surface area (Å²) in [5, 5.41) is 12.5. The molecule has 6 aromatic heterocycles. The molecular weight excluding hydrogens is 949 g/mol. The van der Waals surface area contributed by atoms with Gasteiger partial charge in [-0.25, -0.2) is 0 Å². The Hall–Kier alpha value is -8.22. The lowest BCUT2D eigenvalue weighted by atomic mass is 10.1. The molecule has 0 saturated heterocycles. The molecule has 0 bridgehead atoms. The van der Waals surface area contributed by atoms with Crippen LogP contribution in [0.15, 0.2) is 220 Å². The van der Waals surface area contributed by atoms with Crippen LogP contribution in [0.2, 0.25) is 0 Å². The van der Waals surface area contributed by atoms with Crippen LogP contribution in [-0.4, -0.2) is 29.9 Å². The Bertz CT molecular complexity index is 2840. The zero-order chi connectivity index (χ0) is 58.1. The van der Waals surface area contributed by atoms with Gasteiger partial charge in [-0.1, -0.05) is 210 Å². The molecule has 12 rings (SSSR count). The fourth-order valence-corrected chi connectivity index (χ4v) is 7.60. The van der Waals surface area contributed by atoms with Crippen molar-refractivity contribution in [3.63, 3.8) is 0 Å². The third-order valence-electron chi connectivity index (χ3n) is 11.2. The van der Waals surface area contributed by atoms with Gasteiger partial charge in [0.2, 0.25) is 0 Å². The van der Waals surface area contributed by atoms with E-state index in [0.29, 0.717) is 0 Å². The molecule has 0 saturated carbocycles. The van der Waals surface area contributed by atoms with Crippen LogP contribution in [0.4, 0.5) is 0 Å². The second kappa shape index (κ2) is 41.0. The number of fused-ring (bicyclic) bond motifs is 6. The van der Waals surface area contributed by atoms with Gasteiger partial charge >= 0.3 is 0 Å². The normalized spacial score (nSPS) is 9.15. The third kappa shape index (κ3) is 21.8. The number of hydrogen-bond acceptors (Lipinski definition) is 6. The lowest BCUT2D eigenvalue weighted by Gasteiger charge is -1.98. The van der Waals surface area contributed by atoms with Crippen LogP contribution < -0.4 is 0 Å². The first-order valence-electron chi connectivity index (χ1n) is 28.1. The van der Waals surface area contributed by atoms with Crippen LogP contribution in [0.3, 0.4) is 0 Å². The Labute approximate surface area is 470 Å². The summed E-state index contributed by atoms with van der Waals surface area (Å²) in [6.45, 7) is 36.5. The highest BCUT2D eigenvalue weighted by Gasteiger charge is 1.98. The number of nitrogens with zero attached hydrogens (tertiary/aromatic N) is 6. The number of aromatic nitrogens is 6. The number of aryl methyl sites for hydroxylation is 6. The molecule has 0 aliphatic heterocycles. The molecule has 6 nitrogen and oxygen atoms in total. The Morgan fingerprint density at radius 3 is 1.27 bits per heavy atom. The van der Waals surface area contributed by atoms with E-state index in [2.05, 4.69) is 168 Å². The molecule has 0 aliphatic rings. The van der Waals surface area contributed by atoms with Gasteiger partial charge in [0, 0.05) is 93.8 Å². The van der Waals surface area contributed by atoms with Gasteiger partial charge in [0.05, 0.1) is 11.0 Å². The highest BCUT2D eigenvalue weighted by molar-refractivity contribution is 5.87. The smallest absolute Gasteiger partial charge is 0.0731 e. The molecule has 0 radical (unpaired) electrons. The molecular formula is C72H90N6. The van der Waals surface area contributed by atoms with Gasteiger partial charge in [-0.05, 0) is 127 Å². The SMILES string of the molecule is CC.CC.CC.CC.CC.CC.Cc1cccc2cccnc12.Cc1cccc2ccncc12.Cc1cccc2cnccc12.Cc1cccc2ncccc12.Cc1cncc2ccccc12.Cc1nccc2ccccc12. The fraction of sp³-hybridized carbons (Fsp3) is 0.250. The number of pyridine rings is 6. The summed E-state index contributed by atoms with van der Waals surface area (Å²) >= 11 is 0.